The van der Waals surface area contributed by atoms with Gasteiger partial charge in [-0.1, -0.05) is 25.0 Å². The van der Waals surface area contributed by atoms with Gasteiger partial charge >= 0.3 is 0 Å². The second kappa shape index (κ2) is 4.12. The third kappa shape index (κ3) is 2.23. The van der Waals surface area contributed by atoms with Gasteiger partial charge in [-0.2, -0.15) is 0 Å². The summed E-state index contributed by atoms with van der Waals surface area (Å²) in [6, 6.07) is 7.67. The number of nitrogens with one attached hydrogen (secondary N) is 1. The van der Waals surface area contributed by atoms with Crippen LogP contribution in [0, 0.1) is 5.92 Å². The molecule has 1 saturated carbocycles. The maximum absolute atomic E-state index is 3.56. The van der Waals surface area contributed by atoms with Gasteiger partial charge in [-0.3, -0.25) is 0 Å². The molecule has 1 unspecified atom stereocenters. The average molecular weight is 215 g/mol. The third-order valence-corrected chi connectivity index (χ3v) is 3.96. The molecule has 1 heterocycles. The van der Waals surface area contributed by atoms with E-state index in [2.05, 4.69) is 30.4 Å². The van der Waals surface area contributed by atoms with Gasteiger partial charge in [0.25, 0.3) is 0 Å². The van der Waals surface area contributed by atoms with Crippen LogP contribution in [0.2, 0.25) is 0 Å². The molecule has 3 rings (SSSR count). The van der Waals surface area contributed by atoms with Crippen LogP contribution in [0.25, 0.3) is 0 Å². The summed E-state index contributed by atoms with van der Waals surface area (Å²) in [5, 5.41) is 3.56. The fourth-order valence-corrected chi connectivity index (χ4v) is 2.64. The summed E-state index contributed by atoms with van der Waals surface area (Å²) in [6.45, 7) is 2.27. The van der Waals surface area contributed by atoms with Crippen LogP contribution in [0.5, 0.6) is 0 Å². The van der Waals surface area contributed by atoms with Crippen molar-refractivity contribution >= 4 is 5.69 Å². The summed E-state index contributed by atoms with van der Waals surface area (Å²) in [6.07, 6.45) is 8.17. The lowest BCUT2D eigenvalue weighted by Crippen LogP contribution is -2.21. The molecule has 0 saturated heterocycles. The lowest BCUT2D eigenvalue weighted by atomic mass is 9.95. The van der Waals surface area contributed by atoms with Crippen molar-refractivity contribution < 1.29 is 0 Å². The van der Waals surface area contributed by atoms with E-state index in [-0.39, 0.29) is 0 Å². The Kier molecular flexibility index (Phi) is 2.62. The van der Waals surface area contributed by atoms with Gasteiger partial charge in [-0.25, -0.2) is 0 Å². The zero-order valence-corrected chi connectivity index (χ0v) is 10.1. The molecule has 1 aliphatic carbocycles. The largest absolute Gasteiger partial charge is 0.382 e. The predicted octanol–water partition coefficient (Wildman–Crippen LogP) is 3.78. The van der Waals surface area contributed by atoms with Gasteiger partial charge in [-0.05, 0) is 55.7 Å². The molecule has 0 bridgehead atoms. The van der Waals surface area contributed by atoms with Gasteiger partial charge in [0.2, 0.25) is 0 Å². The molecular weight excluding hydrogens is 194 g/mol. The summed E-state index contributed by atoms with van der Waals surface area (Å²) in [4.78, 5) is 0. The smallest absolute Gasteiger partial charge is 0.0374 e. The van der Waals surface area contributed by atoms with Crippen molar-refractivity contribution in [2.24, 2.45) is 5.92 Å². The molecule has 1 aromatic carbocycles. The topological polar surface area (TPSA) is 12.0 Å². The van der Waals surface area contributed by atoms with Gasteiger partial charge in [0.15, 0.2) is 0 Å². The Labute approximate surface area is 98.3 Å². The van der Waals surface area contributed by atoms with Crippen LogP contribution in [-0.2, 0) is 12.8 Å². The predicted molar refractivity (Wildman–Crippen MR) is 68.9 cm³/mol. The molecular formula is C15H21N. The van der Waals surface area contributed by atoms with Gasteiger partial charge in [0, 0.05) is 11.7 Å². The Morgan fingerprint density at radius 1 is 1.25 bits per heavy atom. The van der Waals surface area contributed by atoms with Crippen LogP contribution in [-0.4, -0.2) is 6.04 Å². The number of hydrogen-bond donors (Lipinski definition) is 1. The molecule has 1 atom stereocenters. The Bertz CT molecular complexity index is 379. The zero-order valence-electron chi connectivity index (χ0n) is 10.1. The van der Waals surface area contributed by atoms with Crippen LogP contribution < -0.4 is 5.32 Å². The molecule has 0 radical (unpaired) electrons. The van der Waals surface area contributed by atoms with E-state index in [1.165, 1.54) is 49.8 Å². The van der Waals surface area contributed by atoms with Gasteiger partial charge in [0.1, 0.15) is 0 Å². The normalized spacial score (nSPS) is 23.7. The van der Waals surface area contributed by atoms with E-state index in [4.69, 9.17) is 0 Å². The van der Waals surface area contributed by atoms with Crippen molar-refractivity contribution in [2.75, 3.05) is 5.32 Å². The van der Waals surface area contributed by atoms with Crippen molar-refractivity contribution in [1.29, 1.82) is 0 Å². The second-order valence-electron chi connectivity index (χ2n) is 5.56. The summed E-state index contributed by atoms with van der Waals surface area (Å²) < 4.78 is 0. The fourth-order valence-electron chi connectivity index (χ4n) is 2.64. The highest BCUT2D eigenvalue weighted by atomic mass is 14.9. The molecule has 2 aliphatic rings. The summed E-state index contributed by atoms with van der Waals surface area (Å²) in [5.41, 5.74) is 4.45. The van der Waals surface area contributed by atoms with E-state index in [1.54, 1.807) is 5.56 Å². The Morgan fingerprint density at radius 3 is 2.94 bits per heavy atom. The maximum Gasteiger partial charge on any atom is 0.0374 e. The lowest BCUT2D eigenvalue weighted by molar-refractivity contribution is 0.678. The minimum absolute atomic E-state index is 0.643. The summed E-state index contributed by atoms with van der Waals surface area (Å²) >= 11 is 0. The zero-order chi connectivity index (χ0) is 11.0. The molecule has 1 aliphatic heterocycles. The lowest BCUT2D eigenvalue weighted by Gasteiger charge is -2.24. The summed E-state index contributed by atoms with van der Waals surface area (Å²) in [5.74, 6) is 1.05. The highest BCUT2D eigenvalue weighted by Crippen LogP contribution is 2.34. The second-order valence-corrected chi connectivity index (χ2v) is 5.56. The summed E-state index contributed by atoms with van der Waals surface area (Å²) in [7, 11) is 0. The van der Waals surface area contributed by atoms with Crippen molar-refractivity contribution in [3.63, 3.8) is 0 Å². The van der Waals surface area contributed by atoms with E-state index in [0.717, 1.165) is 5.92 Å². The molecule has 0 spiro atoms. The molecule has 16 heavy (non-hydrogen) atoms. The molecule has 0 amide bonds. The van der Waals surface area contributed by atoms with Crippen LogP contribution >= 0.6 is 0 Å². The Balaban J connectivity index is 1.71. The van der Waals surface area contributed by atoms with E-state index < -0.39 is 0 Å². The van der Waals surface area contributed by atoms with E-state index in [1.807, 2.05) is 0 Å². The molecule has 0 aromatic heterocycles. The first-order valence-corrected chi connectivity index (χ1v) is 6.69. The van der Waals surface area contributed by atoms with Crippen molar-refractivity contribution in [1.82, 2.24) is 0 Å². The third-order valence-electron chi connectivity index (χ3n) is 3.96. The molecule has 1 N–H and O–H groups in total. The number of aryl methyl sites for hydroxylation is 2. The first kappa shape index (κ1) is 10.2. The van der Waals surface area contributed by atoms with Crippen LogP contribution in [0.1, 0.15) is 43.7 Å². The highest BCUT2D eigenvalue weighted by molar-refractivity contribution is 5.55. The molecule has 1 aromatic rings. The molecule has 86 valence electrons. The highest BCUT2D eigenvalue weighted by Gasteiger charge is 2.21. The van der Waals surface area contributed by atoms with Crippen LogP contribution in [0.15, 0.2) is 18.2 Å². The Hall–Kier alpha value is -0.980. The quantitative estimate of drug-likeness (QED) is 0.809. The number of rotatable bonds is 3. The number of fused-ring (bicyclic) bond motifs is 1. The monoisotopic (exact) mass is 215 g/mol. The van der Waals surface area contributed by atoms with Gasteiger partial charge < -0.3 is 5.32 Å². The van der Waals surface area contributed by atoms with Crippen molar-refractivity contribution in [2.45, 2.75) is 51.5 Å². The minimum atomic E-state index is 0.643. The molecule has 1 fully saturated rings. The average Bonchev–Trinajstić information content (AvgIpc) is 3.10. The minimum Gasteiger partial charge on any atom is -0.382 e. The first-order chi connectivity index (χ1) is 7.81. The molecule has 1 heteroatoms. The van der Waals surface area contributed by atoms with Crippen LogP contribution in [0.3, 0.4) is 0 Å². The number of benzene rings is 1. The van der Waals surface area contributed by atoms with E-state index in [9.17, 15) is 0 Å². The van der Waals surface area contributed by atoms with E-state index in [0.29, 0.717) is 6.04 Å². The van der Waals surface area contributed by atoms with Gasteiger partial charge in [0.05, 0.1) is 0 Å². The van der Waals surface area contributed by atoms with E-state index >= 15 is 0 Å². The van der Waals surface area contributed by atoms with Crippen LogP contribution in [0.4, 0.5) is 5.69 Å². The van der Waals surface area contributed by atoms with Crippen molar-refractivity contribution in [3.8, 4) is 0 Å². The Morgan fingerprint density at radius 2 is 2.12 bits per heavy atom. The maximum atomic E-state index is 3.56. The van der Waals surface area contributed by atoms with Crippen molar-refractivity contribution in [3.05, 3.63) is 29.3 Å². The SMILES string of the molecule is CC1CCc2cc(CCC3CC3)ccc2N1. The number of hydrogen-bond acceptors (Lipinski definition) is 1. The first-order valence-electron chi connectivity index (χ1n) is 6.69. The number of anilines is 1. The fraction of sp³-hybridized carbons (Fsp3) is 0.600. The molecule has 1 nitrogen and oxygen atoms in total. The standard InChI is InChI=1S/C15H21N/c1-11-2-8-14-10-13(6-5-12-3-4-12)7-9-15(14)16-11/h7,9-12,16H,2-6,8H2,1H3. The van der Waals surface area contributed by atoms with Gasteiger partial charge in [-0.15, -0.1) is 0 Å².